The summed E-state index contributed by atoms with van der Waals surface area (Å²) < 4.78 is 23.1. The minimum Gasteiger partial charge on any atom is -0.394 e. The number of amides is 1. The van der Waals surface area contributed by atoms with E-state index in [0.29, 0.717) is 12.8 Å². The average molecular weight is 1500 g/mol. The molecule has 0 aromatic rings. The topological polar surface area (TPSA) is 228 Å². The highest BCUT2D eigenvalue weighted by atomic mass is 16.7. The zero-order valence-corrected chi connectivity index (χ0v) is 69.3. The number of ether oxygens (including phenoxy) is 4. The highest BCUT2D eigenvalue weighted by molar-refractivity contribution is 5.76. The largest absolute Gasteiger partial charge is 0.394 e. The van der Waals surface area contributed by atoms with Gasteiger partial charge in [0, 0.05) is 6.42 Å². The van der Waals surface area contributed by atoms with Crippen molar-refractivity contribution in [2.24, 2.45) is 0 Å². The lowest BCUT2D eigenvalue weighted by atomic mass is 9.97. The Morgan fingerprint density at radius 3 is 0.810 bits per heavy atom. The van der Waals surface area contributed by atoms with Gasteiger partial charge in [-0.2, -0.15) is 0 Å². The van der Waals surface area contributed by atoms with Crippen molar-refractivity contribution in [2.45, 2.75) is 556 Å². The SMILES string of the molecule is CCCCCCCCCCCCCCCCCCCCCCCCCCCCCCCCCCCCCCCCC(=O)NC(COC1OC(CO)C(OC2OC(CO)C(O)C(O)C2O)C(O)C1O)C(O)CCCCCCCCCCCCCCCCCCCCCCCCCCCCCCCCCCC. The van der Waals surface area contributed by atoms with E-state index >= 15 is 0 Å². The zero-order chi connectivity index (χ0) is 75.8. The molecule has 626 valence electrons. The summed E-state index contributed by atoms with van der Waals surface area (Å²) in [7, 11) is 0. The molecule has 0 radical (unpaired) electrons. The molecule has 2 aliphatic heterocycles. The molecule has 0 bridgehead atoms. The number of rotatable bonds is 82. The van der Waals surface area contributed by atoms with Crippen molar-refractivity contribution in [3.8, 4) is 0 Å². The number of carbonyl (C=O) groups is 1. The van der Waals surface area contributed by atoms with Crippen LogP contribution in [-0.2, 0) is 23.7 Å². The van der Waals surface area contributed by atoms with Gasteiger partial charge in [0.2, 0.25) is 5.91 Å². The fraction of sp³-hybridized carbons (Fsp3) is 0.989. The molecule has 0 aromatic heterocycles. The lowest BCUT2D eigenvalue weighted by molar-refractivity contribution is -0.359. The van der Waals surface area contributed by atoms with Crippen molar-refractivity contribution in [3.63, 3.8) is 0 Å². The van der Waals surface area contributed by atoms with Crippen LogP contribution in [-0.4, -0.2) is 140 Å². The van der Waals surface area contributed by atoms with E-state index in [2.05, 4.69) is 19.2 Å². The first-order valence-electron chi connectivity index (χ1n) is 46.8. The second-order valence-corrected chi connectivity index (χ2v) is 33.5. The maximum Gasteiger partial charge on any atom is 0.220 e. The van der Waals surface area contributed by atoms with Crippen LogP contribution in [0.4, 0.5) is 0 Å². The van der Waals surface area contributed by atoms with Crippen LogP contribution in [0.25, 0.3) is 0 Å². The summed E-state index contributed by atoms with van der Waals surface area (Å²) >= 11 is 0. The molecular formula is C91H179NO13. The van der Waals surface area contributed by atoms with E-state index in [4.69, 9.17) is 18.9 Å². The van der Waals surface area contributed by atoms with Crippen LogP contribution >= 0.6 is 0 Å². The van der Waals surface area contributed by atoms with Gasteiger partial charge in [0.15, 0.2) is 12.6 Å². The van der Waals surface area contributed by atoms with Gasteiger partial charge in [-0.05, 0) is 12.8 Å². The molecule has 2 rings (SSSR count). The number of unbranched alkanes of at least 4 members (excludes halogenated alkanes) is 69. The van der Waals surface area contributed by atoms with E-state index in [1.165, 1.54) is 405 Å². The molecule has 14 heteroatoms. The number of nitrogens with one attached hydrogen (secondary N) is 1. The Labute approximate surface area is 648 Å². The first-order chi connectivity index (χ1) is 51.6. The minimum absolute atomic E-state index is 0.193. The van der Waals surface area contributed by atoms with E-state index in [1.54, 1.807) is 0 Å². The molecule has 12 unspecified atom stereocenters. The van der Waals surface area contributed by atoms with Gasteiger partial charge in [-0.1, -0.05) is 463 Å². The minimum atomic E-state index is -1.78. The Balaban J connectivity index is 1.53. The van der Waals surface area contributed by atoms with Crippen molar-refractivity contribution in [3.05, 3.63) is 0 Å². The van der Waals surface area contributed by atoms with E-state index in [1.807, 2.05) is 0 Å². The third kappa shape index (κ3) is 57.6. The van der Waals surface area contributed by atoms with Crippen LogP contribution in [0.15, 0.2) is 0 Å². The molecule has 0 aliphatic carbocycles. The number of hydrogen-bond donors (Lipinski definition) is 9. The van der Waals surface area contributed by atoms with Crippen molar-refractivity contribution in [1.82, 2.24) is 5.32 Å². The Kier molecular flexibility index (Phi) is 72.1. The van der Waals surface area contributed by atoms with Crippen LogP contribution < -0.4 is 5.32 Å². The molecule has 0 spiro atoms. The molecule has 2 aliphatic rings. The lowest BCUT2D eigenvalue weighted by Crippen LogP contribution is -2.65. The van der Waals surface area contributed by atoms with Crippen LogP contribution in [0.5, 0.6) is 0 Å². The fourth-order valence-corrected chi connectivity index (χ4v) is 16.3. The molecule has 2 heterocycles. The normalized spacial score (nSPS) is 21.2. The summed E-state index contributed by atoms with van der Waals surface area (Å²) in [5, 5.41) is 88.1. The first-order valence-corrected chi connectivity index (χ1v) is 46.8. The smallest absolute Gasteiger partial charge is 0.220 e. The maximum absolute atomic E-state index is 13.5. The number of carbonyl (C=O) groups excluding carboxylic acids is 1. The highest BCUT2D eigenvalue weighted by Gasteiger charge is 2.51. The Morgan fingerprint density at radius 1 is 0.305 bits per heavy atom. The van der Waals surface area contributed by atoms with E-state index < -0.39 is 86.8 Å². The van der Waals surface area contributed by atoms with E-state index in [9.17, 15) is 45.6 Å². The Hall–Kier alpha value is -1.01. The summed E-state index contributed by atoms with van der Waals surface area (Å²) in [6, 6.07) is -0.827. The standard InChI is InChI=1S/C91H179NO13/c1-3-5-7-9-11-13-15-17-19-21-23-25-27-29-31-33-35-37-38-39-40-41-43-45-47-49-51-53-55-57-59-61-63-65-67-69-71-73-75-83(96)92-79(78-102-90-88(101)86(99)89(82(77-94)104-90)105-91-87(100)85(98)84(97)81(76-93)103-91)80(95)74-72-70-68-66-64-62-60-58-56-54-52-50-48-46-44-42-36-34-32-30-28-26-24-22-20-18-16-14-12-10-8-6-4-2/h79-82,84-91,93-95,97-101H,3-78H2,1-2H3,(H,92,96). The highest BCUT2D eigenvalue weighted by Crippen LogP contribution is 2.31. The number of aliphatic hydroxyl groups excluding tert-OH is 8. The average Bonchev–Trinajstić information content (AvgIpc) is 0.818. The molecule has 2 saturated heterocycles. The maximum atomic E-state index is 13.5. The molecular weight excluding hydrogens is 1310 g/mol. The summed E-state index contributed by atoms with van der Waals surface area (Å²) in [6.07, 6.45) is 80.6. The number of aliphatic hydroxyl groups is 8. The summed E-state index contributed by atoms with van der Waals surface area (Å²) in [4.78, 5) is 13.5. The van der Waals surface area contributed by atoms with Crippen LogP contribution in [0.2, 0.25) is 0 Å². The van der Waals surface area contributed by atoms with Gasteiger partial charge in [-0.15, -0.1) is 0 Å². The second kappa shape index (κ2) is 75.7. The van der Waals surface area contributed by atoms with Gasteiger partial charge < -0.3 is 65.1 Å². The van der Waals surface area contributed by atoms with Crippen molar-refractivity contribution < 1.29 is 64.6 Å². The molecule has 12 atom stereocenters. The number of hydrogen-bond acceptors (Lipinski definition) is 13. The first kappa shape index (κ1) is 100. The van der Waals surface area contributed by atoms with Crippen LogP contribution in [0, 0.1) is 0 Å². The van der Waals surface area contributed by atoms with Gasteiger partial charge in [-0.25, -0.2) is 0 Å². The third-order valence-electron chi connectivity index (χ3n) is 23.6. The van der Waals surface area contributed by atoms with Gasteiger partial charge in [-0.3, -0.25) is 4.79 Å². The van der Waals surface area contributed by atoms with Crippen LogP contribution in [0.1, 0.15) is 483 Å². The molecule has 105 heavy (non-hydrogen) atoms. The summed E-state index contributed by atoms with van der Waals surface area (Å²) in [5.74, 6) is -0.193. The third-order valence-corrected chi connectivity index (χ3v) is 23.6. The molecule has 2 fully saturated rings. The predicted molar refractivity (Wildman–Crippen MR) is 439 cm³/mol. The lowest BCUT2D eigenvalue weighted by Gasteiger charge is -2.46. The van der Waals surface area contributed by atoms with Crippen molar-refractivity contribution >= 4 is 5.91 Å². The monoisotopic (exact) mass is 1490 g/mol. The fourth-order valence-electron chi connectivity index (χ4n) is 16.3. The van der Waals surface area contributed by atoms with Gasteiger partial charge in [0.05, 0.1) is 32.0 Å². The van der Waals surface area contributed by atoms with Gasteiger partial charge in [0.1, 0.15) is 48.8 Å². The molecule has 1 amide bonds. The van der Waals surface area contributed by atoms with Gasteiger partial charge in [0.25, 0.3) is 0 Å². The molecule has 9 N–H and O–H groups in total. The Morgan fingerprint density at radius 2 is 0.543 bits per heavy atom. The quantitative estimate of drug-likeness (QED) is 0.0259. The summed E-state index contributed by atoms with van der Waals surface area (Å²) in [5.41, 5.74) is 0. The molecule has 0 aromatic carbocycles. The van der Waals surface area contributed by atoms with E-state index in [0.717, 1.165) is 51.4 Å². The Bertz CT molecular complexity index is 1760. The van der Waals surface area contributed by atoms with Crippen LogP contribution in [0.3, 0.4) is 0 Å². The van der Waals surface area contributed by atoms with E-state index in [-0.39, 0.29) is 12.5 Å². The summed E-state index contributed by atoms with van der Waals surface area (Å²) in [6.45, 7) is 2.96. The van der Waals surface area contributed by atoms with Gasteiger partial charge >= 0.3 is 0 Å². The predicted octanol–water partition coefficient (Wildman–Crippen LogP) is 23.0. The van der Waals surface area contributed by atoms with Crippen molar-refractivity contribution in [1.29, 1.82) is 0 Å². The second-order valence-electron chi connectivity index (χ2n) is 33.5. The molecule has 14 nitrogen and oxygen atoms in total. The van der Waals surface area contributed by atoms with Crippen molar-refractivity contribution in [2.75, 3.05) is 19.8 Å². The zero-order valence-electron chi connectivity index (χ0n) is 69.3. The molecule has 0 saturated carbocycles.